The van der Waals surface area contributed by atoms with Gasteiger partial charge in [-0.05, 0) is 73.4 Å². The average Bonchev–Trinajstić information content (AvgIpc) is 2.80. The van der Waals surface area contributed by atoms with Gasteiger partial charge in [-0.2, -0.15) is 0 Å². The first-order valence-electron chi connectivity index (χ1n) is 10.6. The van der Waals surface area contributed by atoms with Crippen LogP contribution < -0.4 is 10.1 Å². The molecule has 0 saturated heterocycles. The van der Waals surface area contributed by atoms with Crippen LogP contribution in [0.2, 0.25) is 0 Å². The molecule has 1 atom stereocenters. The third-order valence-electron chi connectivity index (χ3n) is 6.09. The van der Waals surface area contributed by atoms with Gasteiger partial charge in [0.25, 0.3) is 5.91 Å². The van der Waals surface area contributed by atoms with Crippen LogP contribution in [0.25, 0.3) is 0 Å². The number of rotatable bonds is 4. The lowest BCUT2D eigenvalue weighted by Crippen LogP contribution is -2.50. The van der Waals surface area contributed by atoms with Crippen LogP contribution in [0.15, 0.2) is 48.7 Å². The number of fused-ring (bicyclic) bond motifs is 1. The van der Waals surface area contributed by atoms with Gasteiger partial charge in [0.2, 0.25) is 0 Å². The minimum Gasteiger partial charge on any atom is -0.491 e. The lowest BCUT2D eigenvalue weighted by Gasteiger charge is -2.39. The summed E-state index contributed by atoms with van der Waals surface area (Å²) in [6.45, 7) is 5.53. The number of methoxy groups -OCH3 is 1. The van der Waals surface area contributed by atoms with Crippen molar-refractivity contribution < 1.29 is 23.5 Å². The van der Waals surface area contributed by atoms with E-state index in [-0.39, 0.29) is 11.7 Å². The molecule has 0 aliphatic carbocycles. The van der Waals surface area contributed by atoms with Crippen molar-refractivity contribution in [2.75, 3.05) is 13.7 Å². The van der Waals surface area contributed by atoms with Crippen LogP contribution in [0.3, 0.4) is 0 Å². The lowest BCUT2D eigenvalue weighted by atomic mass is 9.80. The van der Waals surface area contributed by atoms with Crippen LogP contribution in [0.1, 0.15) is 55.1 Å². The molecule has 0 unspecified atom stereocenters. The normalized spacial score (nSPS) is 17.0. The van der Waals surface area contributed by atoms with E-state index in [1.54, 1.807) is 63.4 Å². The van der Waals surface area contributed by atoms with Crippen LogP contribution in [0, 0.1) is 26.6 Å². The Balaban J connectivity index is 1.82. The predicted molar refractivity (Wildman–Crippen MR) is 121 cm³/mol. The van der Waals surface area contributed by atoms with Crippen molar-refractivity contribution >= 4 is 11.9 Å². The van der Waals surface area contributed by atoms with Gasteiger partial charge in [-0.25, -0.2) is 9.18 Å². The van der Waals surface area contributed by atoms with Crippen molar-refractivity contribution in [3.8, 4) is 5.75 Å². The number of esters is 1. The summed E-state index contributed by atoms with van der Waals surface area (Å²) < 4.78 is 25.2. The summed E-state index contributed by atoms with van der Waals surface area (Å²) in [4.78, 5) is 30.1. The molecular weight excluding hydrogens is 423 g/mol. The van der Waals surface area contributed by atoms with E-state index in [4.69, 9.17) is 9.47 Å². The molecule has 0 fully saturated rings. The van der Waals surface area contributed by atoms with Crippen molar-refractivity contribution in [3.05, 3.63) is 93.6 Å². The molecule has 1 aromatic heterocycles. The van der Waals surface area contributed by atoms with Gasteiger partial charge < -0.3 is 14.8 Å². The fourth-order valence-electron chi connectivity index (χ4n) is 4.38. The highest BCUT2D eigenvalue weighted by molar-refractivity contribution is 5.99. The number of nitrogens with zero attached hydrogens (tertiary/aromatic N) is 1. The summed E-state index contributed by atoms with van der Waals surface area (Å²) in [5.74, 6) is -0.638. The number of carbonyl (C=O) groups excluding carboxylic acids is 2. The third kappa shape index (κ3) is 3.95. The number of hydrogen-bond acceptors (Lipinski definition) is 5. The van der Waals surface area contributed by atoms with Crippen molar-refractivity contribution in [1.29, 1.82) is 0 Å². The Bertz CT molecular complexity index is 1230. The van der Waals surface area contributed by atoms with Crippen molar-refractivity contribution in [2.24, 2.45) is 0 Å². The molecule has 1 aliphatic rings. The maximum absolute atomic E-state index is 14.6. The number of halogens is 1. The molecular formula is C26H25FN2O4. The van der Waals surface area contributed by atoms with Gasteiger partial charge in [0.1, 0.15) is 22.8 Å². The van der Waals surface area contributed by atoms with E-state index in [1.165, 1.54) is 13.2 Å². The Morgan fingerprint density at radius 3 is 2.48 bits per heavy atom. The second-order valence-corrected chi connectivity index (χ2v) is 8.25. The van der Waals surface area contributed by atoms with Gasteiger partial charge >= 0.3 is 5.97 Å². The van der Waals surface area contributed by atoms with E-state index in [0.717, 1.165) is 0 Å². The molecule has 0 radical (unpaired) electrons. The zero-order valence-corrected chi connectivity index (χ0v) is 19.0. The van der Waals surface area contributed by atoms with Crippen molar-refractivity contribution in [2.45, 2.75) is 32.7 Å². The summed E-state index contributed by atoms with van der Waals surface area (Å²) in [5, 5.41) is 3.12. The number of pyridine rings is 1. The molecule has 170 valence electrons. The van der Waals surface area contributed by atoms with Gasteiger partial charge in [-0.1, -0.05) is 12.1 Å². The number of nitrogens with one attached hydrogen (secondary N) is 1. The van der Waals surface area contributed by atoms with Gasteiger partial charge in [-0.15, -0.1) is 0 Å². The number of carbonyl (C=O) groups is 2. The first-order chi connectivity index (χ1) is 15.8. The summed E-state index contributed by atoms with van der Waals surface area (Å²) >= 11 is 0. The van der Waals surface area contributed by atoms with Gasteiger partial charge in [0.05, 0.1) is 19.3 Å². The van der Waals surface area contributed by atoms with Crippen LogP contribution in [0.4, 0.5) is 4.39 Å². The third-order valence-corrected chi connectivity index (χ3v) is 6.09. The molecule has 1 N–H and O–H groups in total. The summed E-state index contributed by atoms with van der Waals surface area (Å²) in [5.41, 5.74) is 2.62. The van der Waals surface area contributed by atoms with Crippen LogP contribution in [-0.2, 0) is 10.3 Å². The Morgan fingerprint density at radius 1 is 1.09 bits per heavy atom. The molecule has 0 bridgehead atoms. The minimum atomic E-state index is -1.08. The van der Waals surface area contributed by atoms with Gasteiger partial charge in [0.15, 0.2) is 0 Å². The summed E-state index contributed by atoms with van der Waals surface area (Å²) in [6, 6.07) is 11.8. The second-order valence-electron chi connectivity index (χ2n) is 8.25. The van der Waals surface area contributed by atoms with Crippen LogP contribution in [0.5, 0.6) is 5.75 Å². The molecule has 0 saturated carbocycles. The molecule has 1 amide bonds. The van der Waals surface area contributed by atoms with Crippen LogP contribution >= 0.6 is 0 Å². The average molecular weight is 448 g/mol. The number of benzene rings is 2. The van der Waals surface area contributed by atoms with E-state index < -0.39 is 11.5 Å². The van der Waals surface area contributed by atoms with Gasteiger partial charge in [-0.3, -0.25) is 9.78 Å². The highest BCUT2D eigenvalue weighted by atomic mass is 19.1. The lowest BCUT2D eigenvalue weighted by molar-refractivity contribution is 0.0598. The fourth-order valence-corrected chi connectivity index (χ4v) is 4.38. The highest BCUT2D eigenvalue weighted by Gasteiger charge is 2.43. The number of aromatic nitrogens is 1. The molecule has 4 rings (SSSR count). The number of amides is 1. The zero-order chi connectivity index (χ0) is 23.8. The quantitative estimate of drug-likeness (QED) is 0.599. The molecule has 7 heteroatoms. The summed E-state index contributed by atoms with van der Waals surface area (Å²) in [6.07, 6.45) is 2.00. The molecule has 33 heavy (non-hydrogen) atoms. The molecule has 2 aromatic carbocycles. The Hall–Kier alpha value is -3.74. The van der Waals surface area contributed by atoms with Gasteiger partial charge in [0, 0.05) is 18.2 Å². The van der Waals surface area contributed by atoms with Crippen LogP contribution in [-0.4, -0.2) is 30.6 Å². The van der Waals surface area contributed by atoms with E-state index in [1.807, 2.05) is 0 Å². The summed E-state index contributed by atoms with van der Waals surface area (Å²) in [7, 11) is 1.32. The standard InChI is InChI=1S/C26H25FN2O4/c1-15-7-8-19(14-20(15)27)26(9-11-33-21-6-5-10-28-23(21)26)29-24(30)18-12-16(2)22(17(3)13-18)25(31)32-4/h5-8,10,12-14H,9,11H2,1-4H3,(H,29,30)/t26-/m0/s1. The fraction of sp³-hybridized carbons (Fsp3) is 0.269. The molecule has 0 spiro atoms. The van der Waals surface area contributed by atoms with E-state index in [9.17, 15) is 14.0 Å². The smallest absolute Gasteiger partial charge is 0.338 e. The first-order valence-corrected chi connectivity index (χ1v) is 10.6. The Kier molecular flexibility index (Phi) is 5.89. The number of hydrogen-bond donors (Lipinski definition) is 1. The highest BCUT2D eigenvalue weighted by Crippen LogP contribution is 2.41. The molecule has 3 aromatic rings. The van der Waals surface area contributed by atoms with Crippen molar-refractivity contribution in [3.63, 3.8) is 0 Å². The molecule has 6 nitrogen and oxygen atoms in total. The van der Waals surface area contributed by atoms with E-state index in [2.05, 4.69) is 10.3 Å². The van der Waals surface area contributed by atoms with E-state index in [0.29, 0.717) is 57.9 Å². The van der Waals surface area contributed by atoms with Crippen molar-refractivity contribution in [1.82, 2.24) is 10.3 Å². The minimum absolute atomic E-state index is 0.327. The SMILES string of the molecule is COC(=O)c1c(C)cc(C(=O)N[C@]2(c3ccc(C)c(F)c3)CCOc3cccnc32)cc1C. The Labute approximate surface area is 191 Å². The van der Waals surface area contributed by atoms with E-state index >= 15 is 0 Å². The maximum Gasteiger partial charge on any atom is 0.338 e. The Morgan fingerprint density at radius 2 is 1.82 bits per heavy atom. The number of aryl methyl sites for hydroxylation is 3. The monoisotopic (exact) mass is 448 g/mol. The second kappa shape index (κ2) is 8.65. The predicted octanol–water partition coefficient (Wildman–Crippen LogP) is 4.39. The largest absolute Gasteiger partial charge is 0.491 e. The molecule has 2 heterocycles. The first kappa shape index (κ1) is 22.5. The zero-order valence-electron chi connectivity index (χ0n) is 19.0. The molecule has 1 aliphatic heterocycles. The maximum atomic E-state index is 14.6. The topological polar surface area (TPSA) is 77.5 Å². The number of ether oxygens (including phenoxy) is 2.